The Hall–Kier alpha value is -3.28. The van der Waals surface area contributed by atoms with Crippen molar-refractivity contribution in [1.82, 2.24) is 0 Å². The molecule has 0 aliphatic carbocycles. The van der Waals surface area contributed by atoms with Crippen molar-refractivity contribution >= 4 is 38.9 Å². The van der Waals surface area contributed by atoms with Crippen molar-refractivity contribution in [3.8, 4) is 17.2 Å². The summed E-state index contributed by atoms with van der Waals surface area (Å²) >= 11 is 0. The van der Waals surface area contributed by atoms with Gasteiger partial charge in [0.25, 0.3) is 11.7 Å². The number of methoxy groups -OCH3 is 3. The fourth-order valence-electron chi connectivity index (χ4n) is 3.51. The number of hydrogen-bond acceptors (Lipinski definition) is 5. The van der Waals surface area contributed by atoms with E-state index in [4.69, 9.17) is 14.2 Å². The number of amides is 1. The maximum absolute atomic E-state index is 12.5. The highest BCUT2D eigenvalue weighted by Crippen LogP contribution is 2.44. The van der Waals surface area contributed by atoms with Crippen LogP contribution in [0.15, 0.2) is 30.3 Å². The van der Waals surface area contributed by atoms with Crippen molar-refractivity contribution in [2.45, 2.75) is 0 Å². The van der Waals surface area contributed by atoms with Crippen LogP contribution < -0.4 is 19.1 Å². The predicted octanol–water partition coefficient (Wildman–Crippen LogP) is 3.18. The smallest absolute Gasteiger partial charge is 0.299 e. The molecule has 0 fully saturated rings. The first-order chi connectivity index (χ1) is 12.5. The van der Waals surface area contributed by atoms with Gasteiger partial charge in [-0.3, -0.25) is 9.59 Å². The van der Waals surface area contributed by atoms with Gasteiger partial charge in [-0.2, -0.15) is 0 Å². The zero-order chi connectivity index (χ0) is 18.6. The quantitative estimate of drug-likeness (QED) is 0.536. The number of hydrogen-bond donors (Lipinski definition) is 0. The van der Waals surface area contributed by atoms with Crippen LogP contribution in [-0.4, -0.2) is 40.1 Å². The second-order valence-corrected chi connectivity index (χ2v) is 6.11. The van der Waals surface area contributed by atoms with Crippen LogP contribution in [0.1, 0.15) is 10.4 Å². The number of fused-ring (bicyclic) bond motifs is 2. The first-order valence-corrected chi connectivity index (χ1v) is 8.03. The summed E-state index contributed by atoms with van der Waals surface area (Å²) < 4.78 is 16.2. The van der Waals surface area contributed by atoms with Gasteiger partial charge in [0.05, 0.1) is 27.0 Å². The van der Waals surface area contributed by atoms with Gasteiger partial charge in [0, 0.05) is 18.0 Å². The summed E-state index contributed by atoms with van der Waals surface area (Å²) in [5, 5.41) is 3.31. The summed E-state index contributed by atoms with van der Waals surface area (Å²) in [5.74, 6) is 0.601. The van der Waals surface area contributed by atoms with Crippen LogP contribution >= 0.6 is 0 Å². The molecule has 0 radical (unpaired) electrons. The van der Waals surface area contributed by atoms with Crippen molar-refractivity contribution < 1.29 is 23.8 Å². The highest BCUT2D eigenvalue weighted by atomic mass is 16.5. The van der Waals surface area contributed by atoms with Gasteiger partial charge in [0.2, 0.25) is 0 Å². The minimum absolute atomic E-state index is 0.356. The van der Waals surface area contributed by atoms with Crippen LogP contribution in [0, 0.1) is 0 Å². The third kappa shape index (κ3) is 2.05. The van der Waals surface area contributed by atoms with E-state index in [2.05, 4.69) is 0 Å². The maximum atomic E-state index is 12.5. The number of anilines is 1. The standard InChI is InChI=1S/C20H17NO5/c1-21-15-5-10-6-16(25-3)17(26-4)9-12(10)13-7-11(24-2)8-14(18(13)15)19(22)20(21)23/h5-9H,1-4H3. The van der Waals surface area contributed by atoms with E-state index in [1.807, 2.05) is 24.3 Å². The molecule has 0 unspecified atom stereocenters. The lowest BCUT2D eigenvalue weighted by atomic mass is 9.91. The molecule has 1 amide bonds. The number of benzene rings is 3. The largest absolute Gasteiger partial charge is 0.497 e. The van der Waals surface area contributed by atoms with E-state index in [0.717, 1.165) is 21.5 Å². The summed E-state index contributed by atoms with van der Waals surface area (Å²) in [5.41, 5.74) is 1.04. The molecule has 1 aliphatic heterocycles. The number of rotatable bonds is 3. The third-order valence-corrected chi connectivity index (χ3v) is 4.85. The predicted molar refractivity (Wildman–Crippen MR) is 98.9 cm³/mol. The SMILES string of the molecule is COc1cc2c3c(cc4cc(OC)c(OC)cc4c3c1)N(C)C(=O)C2=O. The van der Waals surface area contributed by atoms with Crippen LogP contribution in [0.2, 0.25) is 0 Å². The van der Waals surface area contributed by atoms with E-state index < -0.39 is 11.7 Å². The van der Waals surface area contributed by atoms with Crippen LogP contribution in [0.5, 0.6) is 17.2 Å². The van der Waals surface area contributed by atoms with E-state index in [1.165, 1.54) is 12.0 Å². The molecule has 6 nitrogen and oxygen atoms in total. The molecule has 0 saturated heterocycles. The average Bonchev–Trinajstić information content (AvgIpc) is 2.68. The van der Waals surface area contributed by atoms with Gasteiger partial charge in [-0.05, 0) is 46.5 Å². The van der Waals surface area contributed by atoms with Gasteiger partial charge in [-0.1, -0.05) is 0 Å². The molecule has 0 spiro atoms. The van der Waals surface area contributed by atoms with Gasteiger partial charge >= 0.3 is 0 Å². The highest BCUT2D eigenvalue weighted by Gasteiger charge is 2.32. The Labute approximate surface area is 149 Å². The molecule has 6 heteroatoms. The average molecular weight is 351 g/mol. The van der Waals surface area contributed by atoms with Crippen LogP contribution in [0.25, 0.3) is 21.5 Å². The number of carbonyl (C=O) groups excluding carboxylic acids is 2. The normalized spacial score (nSPS) is 13.5. The van der Waals surface area contributed by atoms with E-state index in [9.17, 15) is 9.59 Å². The van der Waals surface area contributed by atoms with E-state index in [-0.39, 0.29) is 0 Å². The Bertz CT molecular complexity index is 1100. The van der Waals surface area contributed by atoms with E-state index in [1.54, 1.807) is 27.3 Å². The first-order valence-electron chi connectivity index (χ1n) is 8.03. The molecule has 3 aromatic rings. The van der Waals surface area contributed by atoms with Crippen molar-refractivity contribution in [2.75, 3.05) is 33.3 Å². The molecule has 3 aromatic carbocycles. The topological polar surface area (TPSA) is 65.1 Å². The first kappa shape index (κ1) is 16.2. The number of ether oxygens (including phenoxy) is 3. The van der Waals surface area contributed by atoms with Crippen LogP contribution in [0.3, 0.4) is 0 Å². The fraction of sp³-hybridized carbons (Fsp3) is 0.200. The molecule has 0 atom stereocenters. The molecule has 0 aromatic heterocycles. The molecule has 132 valence electrons. The number of Topliss-reactive ketones (excluding diaryl/α,β-unsaturated/α-hetero) is 1. The van der Waals surface area contributed by atoms with Gasteiger partial charge in [-0.15, -0.1) is 0 Å². The summed E-state index contributed by atoms with van der Waals surface area (Å²) in [6.07, 6.45) is 0. The monoisotopic (exact) mass is 351 g/mol. The molecular formula is C20H17NO5. The second-order valence-electron chi connectivity index (χ2n) is 6.11. The van der Waals surface area contributed by atoms with Crippen molar-refractivity contribution in [2.24, 2.45) is 0 Å². The zero-order valence-electron chi connectivity index (χ0n) is 14.9. The van der Waals surface area contributed by atoms with E-state index in [0.29, 0.717) is 28.5 Å². The fourth-order valence-corrected chi connectivity index (χ4v) is 3.51. The van der Waals surface area contributed by atoms with Gasteiger partial charge < -0.3 is 19.1 Å². The summed E-state index contributed by atoms with van der Waals surface area (Å²) in [6, 6.07) is 9.11. The van der Waals surface area contributed by atoms with Gasteiger partial charge in [-0.25, -0.2) is 0 Å². The molecule has 0 saturated carbocycles. The lowest BCUT2D eigenvalue weighted by Gasteiger charge is -2.26. The number of ketones is 1. The minimum Gasteiger partial charge on any atom is -0.497 e. The van der Waals surface area contributed by atoms with E-state index >= 15 is 0 Å². The second kappa shape index (κ2) is 5.62. The minimum atomic E-state index is -0.563. The zero-order valence-corrected chi connectivity index (χ0v) is 14.9. The Morgan fingerprint density at radius 1 is 0.808 bits per heavy atom. The number of nitrogens with zero attached hydrogens (tertiary/aromatic N) is 1. The maximum Gasteiger partial charge on any atom is 0.299 e. The summed E-state index contributed by atoms with van der Waals surface area (Å²) in [4.78, 5) is 26.3. The summed E-state index contributed by atoms with van der Waals surface area (Å²) in [6.45, 7) is 0. The molecule has 1 aliphatic rings. The van der Waals surface area contributed by atoms with Crippen molar-refractivity contribution in [3.63, 3.8) is 0 Å². The molecule has 4 rings (SSSR count). The van der Waals surface area contributed by atoms with Crippen molar-refractivity contribution in [3.05, 3.63) is 35.9 Å². The number of carbonyl (C=O) groups is 2. The lowest BCUT2D eigenvalue weighted by Crippen LogP contribution is -2.36. The third-order valence-electron chi connectivity index (χ3n) is 4.85. The lowest BCUT2D eigenvalue weighted by molar-refractivity contribution is -0.114. The molecule has 0 bridgehead atoms. The van der Waals surface area contributed by atoms with Gasteiger partial charge in [0.1, 0.15) is 5.75 Å². The Balaban J connectivity index is 2.23. The van der Waals surface area contributed by atoms with Crippen LogP contribution in [-0.2, 0) is 4.79 Å². The molecule has 1 heterocycles. The van der Waals surface area contributed by atoms with Gasteiger partial charge in [0.15, 0.2) is 11.5 Å². The Kier molecular flexibility index (Phi) is 3.50. The Morgan fingerprint density at radius 3 is 2.15 bits per heavy atom. The van der Waals surface area contributed by atoms with Crippen LogP contribution in [0.4, 0.5) is 5.69 Å². The molecular weight excluding hydrogens is 334 g/mol. The Morgan fingerprint density at radius 2 is 1.50 bits per heavy atom. The number of likely N-dealkylation sites (N-methyl/N-ethyl adjacent to an activating group) is 1. The molecule has 26 heavy (non-hydrogen) atoms. The molecule has 0 N–H and O–H groups in total. The van der Waals surface area contributed by atoms with Crippen molar-refractivity contribution in [1.29, 1.82) is 0 Å². The highest BCUT2D eigenvalue weighted by molar-refractivity contribution is 6.52. The summed E-state index contributed by atoms with van der Waals surface area (Å²) in [7, 11) is 6.29.